The summed E-state index contributed by atoms with van der Waals surface area (Å²) in [6, 6.07) is 3.84. The van der Waals surface area contributed by atoms with Crippen molar-refractivity contribution < 1.29 is 8.78 Å². The fourth-order valence-electron chi connectivity index (χ4n) is 2.35. The Morgan fingerprint density at radius 3 is 2.59 bits per heavy atom. The monoisotopic (exact) mass is 240 g/mol. The van der Waals surface area contributed by atoms with Gasteiger partial charge in [-0.3, -0.25) is 4.90 Å². The Hall–Kier alpha value is -1.00. The Balaban J connectivity index is 2.20. The molecule has 1 heterocycles. The molecular weight excluding hydrogens is 222 g/mol. The second-order valence-corrected chi connectivity index (χ2v) is 4.45. The number of nitrogens with zero attached hydrogens (tertiary/aromatic N) is 1. The average molecular weight is 240 g/mol. The van der Waals surface area contributed by atoms with Gasteiger partial charge in [0.1, 0.15) is 11.6 Å². The highest BCUT2D eigenvalue weighted by Crippen LogP contribution is 2.25. The summed E-state index contributed by atoms with van der Waals surface area (Å²) < 4.78 is 27.4. The van der Waals surface area contributed by atoms with Crippen LogP contribution in [0.2, 0.25) is 0 Å². The minimum Gasteiger partial charge on any atom is -0.315 e. The van der Waals surface area contributed by atoms with Crippen LogP contribution in [0.5, 0.6) is 0 Å². The van der Waals surface area contributed by atoms with Gasteiger partial charge >= 0.3 is 0 Å². The predicted octanol–water partition coefficient (Wildman–Crippen LogP) is 2.32. The molecule has 0 aromatic heterocycles. The lowest BCUT2D eigenvalue weighted by atomic mass is 10.1. The number of rotatable bonds is 2. The van der Waals surface area contributed by atoms with Crippen molar-refractivity contribution in [2.24, 2.45) is 0 Å². The zero-order chi connectivity index (χ0) is 12.3. The number of halogens is 2. The van der Waals surface area contributed by atoms with E-state index in [1.165, 1.54) is 18.2 Å². The largest absolute Gasteiger partial charge is 0.315 e. The predicted molar refractivity (Wildman–Crippen MR) is 63.8 cm³/mol. The highest BCUT2D eigenvalue weighted by atomic mass is 19.1. The van der Waals surface area contributed by atoms with Gasteiger partial charge in [0.15, 0.2) is 0 Å². The Kier molecular flexibility index (Phi) is 4.07. The van der Waals surface area contributed by atoms with Crippen LogP contribution in [0.25, 0.3) is 0 Å². The molecule has 1 aliphatic heterocycles. The van der Waals surface area contributed by atoms with Crippen LogP contribution < -0.4 is 5.32 Å². The van der Waals surface area contributed by atoms with Crippen LogP contribution in [-0.2, 0) is 0 Å². The summed E-state index contributed by atoms with van der Waals surface area (Å²) >= 11 is 0. The van der Waals surface area contributed by atoms with Gasteiger partial charge in [-0.25, -0.2) is 8.78 Å². The van der Waals surface area contributed by atoms with Crippen molar-refractivity contribution in [1.82, 2.24) is 10.2 Å². The molecule has 0 aliphatic carbocycles. The second-order valence-electron chi connectivity index (χ2n) is 4.45. The first-order chi connectivity index (χ1) is 8.20. The molecule has 1 saturated heterocycles. The zero-order valence-corrected chi connectivity index (χ0v) is 10.0. The van der Waals surface area contributed by atoms with Gasteiger partial charge < -0.3 is 5.32 Å². The van der Waals surface area contributed by atoms with E-state index in [1.807, 2.05) is 6.92 Å². The lowest BCUT2D eigenvalue weighted by molar-refractivity contribution is 0.216. The van der Waals surface area contributed by atoms with E-state index < -0.39 is 11.6 Å². The molecule has 17 heavy (non-hydrogen) atoms. The van der Waals surface area contributed by atoms with E-state index in [4.69, 9.17) is 0 Å². The van der Waals surface area contributed by atoms with Gasteiger partial charge in [-0.1, -0.05) is 6.07 Å². The van der Waals surface area contributed by atoms with Crippen molar-refractivity contribution in [3.05, 3.63) is 35.4 Å². The summed E-state index contributed by atoms with van der Waals surface area (Å²) in [5, 5.41) is 3.28. The van der Waals surface area contributed by atoms with E-state index in [0.29, 0.717) is 0 Å². The lowest BCUT2D eigenvalue weighted by Crippen LogP contribution is -2.31. The molecule has 1 fully saturated rings. The fourth-order valence-corrected chi connectivity index (χ4v) is 2.35. The summed E-state index contributed by atoms with van der Waals surface area (Å²) in [4.78, 5) is 2.13. The SMILES string of the molecule is CC(c1c(F)cccc1F)N1CCCNCC1. The van der Waals surface area contributed by atoms with Crippen LogP contribution in [-0.4, -0.2) is 31.1 Å². The molecule has 1 unspecified atom stereocenters. The number of hydrogen-bond donors (Lipinski definition) is 1. The number of benzene rings is 1. The smallest absolute Gasteiger partial charge is 0.130 e. The summed E-state index contributed by atoms with van der Waals surface area (Å²) in [5.41, 5.74) is 0.189. The molecule has 1 aromatic rings. The molecular formula is C13H18F2N2. The van der Waals surface area contributed by atoms with E-state index in [2.05, 4.69) is 10.2 Å². The third-order valence-corrected chi connectivity index (χ3v) is 3.34. The Labute approximate surface area is 101 Å². The number of nitrogens with one attached hydrogen (secondary N) is 1. The molecule has 2 nitrogen and oxygen atoms in total. The molecule has 0 amide bonds. The molecule has 2 rings (SSSR count). The average Bonchev–Trinajstić information content (AvgIpc) is 2.57. The molecule has 0 saturated carbocycles. The molecule has 1 aliphatic rings. The van der Waals surface area contributed by atoms with Gasteiger partial charge in [-0.05, 0) is 38.6 Å². The van der Waals surface area contributed by atoms with Crippen molar-refractivity contribution >= 4 is 0 Å². The number of hydrogen-bond acceptors (Lipinski definition) is 2. The van der Waals surface area contributed by atoms with Gasteiger partial charge in [0, 0.05) is 24.7 Å². The van der Waals surface area contributed by atoms with Gasteiger partial charge in [-0.15, -0.1) is 0 Å². The summed E-state index contributed by atoms with van der Waals surface area (Å²) in [5.74, 6) is -0.899. The van der Waals surface area contributed by atoms with Crippen molar-refractivity contribution in [2.75, 3.05) is 26.2 Å². The summed E-state index contributed by atoms with van der Waals surface area (Å²) in [6.07, 6.45) is 1.01. The van der Waals surface area contributed by atoms with E-state index in [1.54, 1.807) is 0 Å². The van der Waals surface area contributed by atoms with Crippen LogP contribution in [0.3, 0.4) is 0 Å². The van der Waals surface area contributed by atoms with Crippen molar-refractivity contribution in [1.29, 1.82) is 0 Å². The zero-order valence-electron chi connectivity index (χ0n) is 10.0. The van der Waals surface area contributed by atoms with Crippen LogP contribution in [0.1, 0.15) is 24.9 Å². The highest BCUT2D eigenvalue weighted by Gasteiger charge is 2.22. The van der Waals surface area contributed by atoms with Gasteiger partial charge in [0.2, 0.25) is 0 Å². The maximum absolute atomic E-state index is 13.7. The Morgan fingerprint density at radius 1 is 1.18 bits per heavy atom. The van der Waals surface area contributed by atoms with Crippen molar-refractivity contribution in [3.8, 4) is 0 Å². The van der Waals surface area contributed by atoms with Crippen LogP contribution in [0.4, 0.5) is 8.78 Å². The van der Waals surface area contributed by atoms with E-state index in [-0.39, 0.29) is 11.6 Å². The van der Waals surface area contributed by atoms with Crippen molar-refractivity contribution in [2.45, 2.75) is 19.4 Å². The first kappa shape index (κ1) is 12.5. The van der Waals surface area contributed by atoms with E-state index >= 15 is 0 Å². The molecule has 4 heteroatoms. The maximum Gasteiger partial charge on any atom is 0.130 e. The van der Waals surface area contributed by atoms with Gasteiger partial charge in [-0.2, -0.15) is 0 Å². The first-order valence-electron chi connectivity index (χ1n) is 6.09. The molecule has 0 spiro atoms. The topological polar surface area (TPSA) is 15.3 Å². The maximum atomic E-state index is 13.7. The van der Waals surface area contributed by atoms with Gasteiger partial charge in [0.25, 0.3) is 0 Å². The van der Waals surface area contributed by atoms with Crippen LogP contribution in [0, 0.1) is 11.6 Å². The first-order valence-corrected chi connectivity index (χ1v) is 6.09. The van der Waals surface area contributed by atoms with E-state index in [0.717, 1.165) is 32.6 Å². The fraction of sp³-hybridized carbons (Fsp3) is 0.538. The third kappa shape index (κ3) is 2.82. The molecule has 94 valence electrons. The quantitative estimate of drug-likeness (QED) is 0.853. The van der Waals surface area contributed by atoms with Gasteiger partial charge in [0.05, 0.1) is 0 Å². The molecule has 1 N–H and O–H groups in total. The normalized spacial score (nSPS) is 19.9. The third-order valence-electron chi connectivity index (χ3n) is 3.34. The van der Waals surface area contributed by atoms with Crippen LogP contribution in [0.15, 0.2) is 18.2 Å². The molecule has 1 atom stereocenters. The van der Waals surface area contributed by atoms with E-state index in [9.17, 15) is 8.78 Å². The summed E-state index contributed by atoms with van der Waals surface area (Å²) in [7, 11) is 0. The minimum atomic E-state index is -0.449. The highest BCUT2D eigenvalue weighted by molar-refractivity contribution is 5.23. The molecule has 0 bridgehead atoms. The van der Waals surface area contributed by atoms with Crippen molar-refractivity contribution in [3.63, 3.8) is 0 Å². The molecule has 0 radical (unpaired) electrons. The Morgan fingerprint density at radius 2 is 1.88 bits per heavy atom. The van der Waals surface area contributed by atoms with Crippen LogP contribution >= 0.6 is 0 Å². The standard InChI is InChI=1S/C13H18F2N2/c1-10(17-8-3-6-16-7-9-17)13-11(14)4-2-5-12(13)15/h2,4-5,10,16H,3,6-9H2,1H3. The lowest BCUT2D eigenvalue weighted by Gasteiger charge is -2.28. The minimum absolute atomic E-state index is 0.189. The Bertz CT molecular complexity index is 353. The second kappa shape index (κ2) is 5.56. The molecule has 1 aromatic carbocycles. The summed E-state index contributed by atoms with van der Waals surface area (Å²) in [6.45, 7) is 5.42.